The Kier molecular flexibility index (Phi) is 4.60. The van der Waals surface area contributed by atoms with Crippen molar-refractivity contribution in [2.24, 2.45) is 7.05 Å². The smallest absolute Gasteiger partial charge is 0.284 e. The molecule has 106 valence electrons. The molecule has 0 aliphatic heterocycles. The molecule has 0 amide bonds. The van der Waals surface area contributed by atoms with Gasteiger partial charge < -0.3 is 9.67 Å². The molecule has 0 fully saturated rings. The van der Waals surface area contributed by atoms with Gasteiger partial charge in [0, 0.05) is 13.1 Å². The van der Waals surface area contributed by atoms with Gasteiger partial charge in [-0.3, -0.25) is 10.1 Å². The Bertz CT molecular complexity index is 677. The maximum atomic E-state index is 13.6. The summed E-state index contributed by atoms with van der Waals surface area (Å²) in [7, 11) is 1.68. The van der Waals surface area contributed by atoms with Gasteiger partial charge in [-0.05, 0) is 40.4 Å². The van der Waals surface area contributed by atoms with Crippen molar-refractivity contribution >= 4 is 40.0 Å². The van der Waals surface area contributed by atoms with Crippen LogP contribution in [0.5, 0.6) is 0 Å². The number of nitrogens with zero attached hydrogens (tertiary/aromatic N) is 3. The van der Waals surface area contributed by atoms with Gasteiger partial charge in [-0.2, -0.15) is 0 Å². The van der Waals surface area contributed by atoms with E-state index in [-0.39, 0.29) is 20.8 Å². The van der Waals surface area contributed by atoms with Gasteiger partial charge in [0.1, 0.15) is 5.82 Å². The summed E-state index contributed by atoms with van der Waals surface area (Å²) in [5.41, 5.74) is 0.399. The van der Waals surface area contributed by atoms with Gasteiger partial charge in [0.25, 0.3) is 5.69 Å². The highest BCUT2D eigenvalue weighted by molar-refractivity contribution is 14.1. The number of halogens is 2. The van der Waals surface area contributed by atoms with E-state index in [1.807, 2.05) is 0 Å². The van der Waals surface area contributed by atoms with E-state index in [2.05, 4.69) is 4.98 Å². The fraction of sp³-hybridized carbons (Fsp3) is 0.182. The quantitative estimate of drug-likeness (QED) is 0.477. The molecule has 0 aliphatic carbocycles. The van der Waals surface area contributed by atoms with E-state index in [1.54, 1.807) is 34.2 Å². The Balaban J connectivity index is 2.44. The van der Waals surface area contributed by atoms with Gasteiger partial charge in [0.2, 0.25) is 0 Å². The largest absolute Gasteiger partial charge is 0.390 e. The summed E-state index contributed by atoms with van der Waals surface area (Å²) >= 11 is 2.69. The Morgan fingerprint density at radius 2 is 2.30 bits per heavy atom. The topological polar surface area (TPSA) is 81.2 Å². The number of nitro groups is 1. The summed E-state index contributed by atoms with van der Waals surface area (Å²) in [4.78, 5) is 14.7. The minimum absolute atomic E-state index is 0.172. The molecule has 0 saturated carbocycles. The van der Waals surface area contributed by atoms with Crippen LogP contribution in [0.15, 0.2) is 28.4 Å². The van der Waals surface area contributed by atoms with Crippen molar-refractivity contribution in [2.45, 2.75) is 16.7 Å². The van der Waals surface area contributed by atoms with Crippen LogP contribution in [0.2, 0.25) is 0 Å². The van der Waals surface area contributed by atoms with Crippen LogP contribution in [-0.4, -0.2) is 19.6 Å². The monoisotopic (exact) mass is 409 g/mol. The number of aromatic nitrogens is 2. The first-order valence-electron chi connectivity index (χ1n) is 5.36. The zero-order chi connectivity index (χ0) is 14.9. The van der Waals surface area contributed by atoms with Crippen LogP contribution in [0, 0.1) is 19.5 Å². The summed E-state index contributed by atoms with van der Waals surface area (Å²) < 4.78 is 15.4. The molecule has 2 rings (SSSR count). The summed E-state index contributed by atoms with van der Waals surface area (Å²) in [6.45, 7) is -0.187. The van der Waals surface area contributed by atoms with Crippen LogP contribution in [0.1, 0.15) is 5.69 Å². The molecule has 9 heteroatoms. The van der Waals surface area contributed by atoms with Crippen LogP contribution in [0.25, 0.3) is 0 Å². The van der Waals surface area contributed by atoms with Crippen LogP contribution < -0.4 is 0 Å². The van der Waals surface area contributed by atoms with Gasteiger partial charge >= 0.3 is 0 Å². The molecule has 0 unspecified atom stereocenters. The average Bonchev–Trinajstić information content (AvgIpc) is 2.74. The van der Waals surface area contributed by atoms with Crippen LogP contribution in [-0.2, 0) is 13.7 Å². The first-order chi connectivity index (χ1) is 9.43. The Labute approximate surface area is 131 Å². The van der Waals surface area contributed by atoms with Crippen molar-refractivity contribution < 1.29 is 14.4 Å². The molecule has 0 atom stereocenters. The van der Waals surface area contributed by atoms with Gasteiger partial charge in [-0.25, -0.2) is 9.37 Å². The first-order valence-corrected chi connectivity index (χ1v) is 7.26. The summed E-state index contributed by atoms with van der Waals surface area (Å²) in [6, 6.07) is 2.31. The number of aliphatic hydroxyl groups excluding tert-OH is 1. The fourth-order valence-corrected chi connectivity index (χ4v) is 2.92. The van der Waals surface area contributed by atoms with Crippen molar-refractivity contribution in [3.05, 3.63) is 43.5 Å². The molecule has 0 saturated heterocycles. The normalized spacial score (nSPS) is 10.8. The molecular formula is C11H9FIN3O3S. The lowest BCUT2D eigenvalue weighted by atomic mass is 10.3. The minimum atomic E-state index is -0.556. The zero-order valence-corrected chi connectivity index (χ0v) is 13.2. The van der Waals surface area contributed by atoms with Crippen LogP contribution >= 0.6 is 34.4 Å². The van der Waals surface area contributed by atoms with E-state index in [4.69, 9.17) is 5.11 Å². The van der Waals surface area contributed by atoms with E-state index < -0.39 is 10.7 Å². The number of aliphatic hydroxyl groups is 1. The molecule has 1 heterocycles. The Morgan fingerprint density at radius 3 is 2.85 bits per heavy atom. The van der Waals surface area contributed by atoms with Crippen molar-refractivity contribution in [1.29, 1.82) is 0 Å². The number of benzene rings is 1. The Hall–Kier alpha value is -1.20. The van der Waals surface area contributed by atoms with E-state index in [1.165, 1.54) is 12.3 Å². The highest BCUT2D eigenvalue weighted by Crippen LogP contribution is 2.36. The lowest BCUT2D eigenvalue weighted by molar-refractivity contribution is -0.387. The second-order valence-corrected chi connectivity index (χ2v) is 6.01. The fourth-order valence-electron chi connectivity index (χ4n) is 1.51. The maximum Gasteiger partial charge on any atom is 0.284 e. The zero-order valence-electron chi connectivity index (χ0n) is 10.2. The molecule has 1 aromatic carbocycles. The number of nitro benzene ring substituents is 1. The van der Waals surface area contributed by atoms with Crippen molar-refractivity contribution in [2.75, 3.05) is 0 Å². The lowest BCUT2D eigenvalue weighted by Gasteiger charge is -2.05. The minimum Gasteiger partial charge on any atom is -0.390 e. The van der Waals surface area contributed by atoms with Crippen LogP contribution in [0.3, 0.4) is 0 Å². The standard InChI is InChI=1S/C11H9FIN3O3S/c1-15-6(5-17)4-14-11(15)20-10-2-7(12)8(13)3-9(10)16(18)19/h2-4,17H,5H2,1H3. The molecule has 2 aromatic rings. The van der Waals surface area contributed by atoms with E-state index in [0.29, 0.717) is 10.9 Å². The number of hydrogen-bond acceptors (Lipinski definition) is 5. The van der Waals surface area contributed by atoms with Crippen molar-refractivity contribution in [3.63, 3.8) is 0 Å². The van der Waals surface area contributed by atoms with E-state index in [9.17, 15) is 14.5 Å². The average molecular weight is 409 g/mol. The molecule has 1 aromatic heterocycles. The number of rotatable bonds is 4. The molecule has 6 nitrogen and oxygen atoms in total. The Morgan fingerprint density at radius 1 is 1.60 bits per heavy atom. The molecule has 1 N–H and O–H groups in total. The van der Waals surface area contributed by atoms with Crippen molar-refractivity contribution in [1.82, 2.24) is 9.55 Å². The predicted molar refractivity (Wildman–Crippen MR) is 79.0 cm³/mol. The summed E-state index contributed by atoms with van der Waals surface area (Å²) in [5.74, 6) is -0.518. The second-order valence-electron chi connectivity index (χ2n) is 3.84. The van der Waals surface area contributed by atoms with Crippen molar-refractivity contribution in [3.8, 4) is 0 Å². The third-order valence-corrected chi connectivity index (χ3v) is 4.54. The van der Waals surface area contributed by atoms with Gasteiger partial charge in [-0.15, -0.1) is 0 Å². The summed E-state index contributed by atoms with van der Waals surface area (Å²) in [6.07, 6.45) is 1.47. The van der Waals surface area contributed by atoms with E-state index >= 15 is 0 Å². The third kappa shape index (κ3) is 2.94. The lowest BCUT2D eigenvalue weighted by Crippen LogP contribution is -1.99. The molecule has 0 aliphatic rings. The molecule has 0 radical (unpaired) electrons. The molecule has 20 heavy (non-hydrogen) atoms. The summed E-state index contributed by atoms with van der Waals surface area (Å²) in [5, 5.41) is 20.5. The molecular weight excluding hydrogens is 400 g/mol. The number of hydrogen-bond donors (Lipinski definition) is 1. The molecule has 0 bridgehead atoms. The highest BCUT2D eigenvalue weighted by Gasteiger charge is 2.20. The van der Waals surface area contributed by atoms with E-state index in [0.717, 1.165) is 17.8 Å². The first kappa shape index (κ1) is 15.2. The van der Waals surface area contributed by atoms with Gasteiger partial charge in [0.15, 0.2) is 5.16 Å². The number of imidazole rings is 1. The molecule has 0 spiro atoms. The highest BCUT2D eigenvalue weighted by atomic mass is 127. The van der Waals surface area contributed by atoms with Crippen LogP contribution in [0.4, 0.5) is 10.1 Å². The predicted octanol–water partition coefficient (Wildman–Crippen LogP) is 2.72. The second kappa shape index (κ2) is 6.06. The third-order valence-electron chi connectivity index (χ3n) is 2.60. The maximum absolute atomic E-state index is 13.6. The SMILES string of the molecule is Cn1c(CO)cnc1Sc1cc(F)c(I)cc1[N+](=O)[O-]. The van der Waals surface area contributed by atoms with Gasteiger partial charge in [0.05, 0.1) is 31.9 Å². The van der Waals surface area contributed by atoms with Gasteiger partial charge in [-0.1, -0.05) is 0 Å².